The van der Waals surface area contributed by atoms with Crippen molar-refractivity contribution in [2.45, 2.75) is 0 Å². The maximum absolute atomic E-state index is 10.9. The first-order valence-corrected chi connectivity index (χ1v) is 5.76. The number of rotatable bonds is 2. The molecular weight excluding hydrogens is 305 g/mol. The highest BCUT2D eigenvalue weighted by Gasteiger charge is 2.10. The van der Waals surface area contributed by atoms with Crippen LogP contribution in [-0.2, 0) is 0 Å². The van der Waals surface area contributed by atoms with Crippen molar-refractivity contribution in [3.63, 3.8) is 0 Å². The standard InChI is InChI=1S/C11H6BrClN3O/c12-7-3-1-6(2-4-7)8-5-15-11(10(14)17)16-9(8)13/h1-4H,(H2,14,17). The van der Waals surface area contributed by atoms with Gasteiger partial charge in [-0.1, -0.05) is 39.7 Å². The second-order valence-corrected chi connectivity index (χ2v) is 4.47. The van der Waals surface area contributed by atoms with Gasteiger partial charge in [-0.05, 0) is 17.7 Å². The summed E-state index contributed by atoms with van der Waals surface area (Å²) in [5.41, 5.74) is 6.39. The summed E-state index contributed by atoms with van der Waals surface area (Å²) in [6.07, 6.45) is 2.66. The molecule has 6 heteroatoms. The Bertz CT molecular complexity index is 571. The highest BCUT2D eigenvalue weighted by atomic mass is 79.9. The lowest BCUT2D eigenvalue weighted by molar-refractivity contribution is 0.0990. The van der Waals surface area contributed by atoms with Gasteiger partial charge in [0.05, 0.1) is 0 Å². The maximum atomic E-state index is 10.9. The molecule has 0 saturated heterocycles. The Balaban J connectivity index is 2.46. The third kappa shape index (κ3) is 2.62. The number of benzene rings is 1. The normalized spacial score (nSPS) is 10.2. The summed E-state index contributed by atoms with van der Waals surface area (Å²) >= 11 is 9.28. The van der Waals surface area contributed by atoms with Crippen molar-refractivity contribution < 1.29 is 4.79 Å². The molecule has 0 spiro atoms. The molecule has 85 valence electrons. The van der Waals surface area contributed by atoms with Crippen LogP contribution in [0.3, 0.4) is 0 Å². The predicted octanol–water partition coefficient (Wildman–Crippen LogP) is 2.46. The molecule has 1 heterocycles. The van der Waals surface area contributed by atoms with E-state index < -0.39 is 5.91 Å². The minimum absolute atomic E-state index is 0.143. The molecule has 0 fully saturated rings. The van der Waals surface area contributed by atoms with Gasteiger partial charge in [0.1, 0.15) is 11.3 Å². The Hall–Kier alpha value is -1.46. The molecular formula is C11H6BrClN3O. The summed E-state index contributed by atoms with van der Waals surface area (Å²) in [6, 6.07) is 7.41. The molecule has 2 rings (SSSR count). The minimum Gasteiger partial charge on any atom is -0.363 e. The molecule has 1 aromatic carbocycles. The number of aromatic nitrogens is 2. The largest absolute Gasteiger partial charge is 0.363 e. The van der Waals surface area contributed by atoms with Crippen molar-refractivity contribution in [1.29, 1.82) is 0 Å². The van der Waals surface area contributed by atoms with E-state index in [4.69, 9.17) is 17.3 Å². The van der Waals surface area contributed by atoms with E-state index >= 15 is 0 Å². The fraction of sp³-hybridized carbons (Fsp3) is 0. The molecule has 2 aromatic rings. The van der Waals surface area contributed by atoms with Crippen LogP contribution in [-0.4, -0.2) is 15.9 Å². The van der Waals surface area contributed by atoms with Gasteiger partial charge in [0.15, 0.2) is 0 Å². The van der Waals surface area contributed by atoms with Crippen LogP contribution in [0.2, 0.25) is 5.15 Å². The van der Waals surface area contributed by atoms with Crippen LogP contribution in [0, 0.1) is 6.20 Å². The van der Waals surface area contributed by atoms with E-state index in [2.05, 4.69) is 32.1 Å². The summed E-state index contributed by atoms with van der Waals surface area (Å²) in [5, 5.41) is 0.149. The third-order valence-electron chi connectivity index (χ3n) is 2.04. The topological polar surface area (TPSA) is 68.9 Å². The minimum atomic E-state index is -0.731. The predicted molar refractivity (Wildman–Crippen MR) is 67.5 cm³/mol. The Morgan fingerprint density at radius 2 is 2.00 bits per heavy atom. The van der Waals surface area contributed by atoms with E-state index in [0.717, 1.165) is 10.0 Å². The van der Waals surface area contributed by atoms with Crippen molar-refractivity contribution in [1.82, 2.24) is 9.97 Å². The summed E-state index contributed by atoms with van der Waals surface area (Å²) < 4.78 is 0.951. The Morgan fingerprint density at radius 3 is 2.53 bits per heavy atom. The van der Waals surface area contributed by atoms with E-state index in [1.54, 1.807) is 0 Å². The van der Waals surface area contributed by atoms with Crippen LogP contribution < -0.4 is 5.73 Å². The van der Waals surface area contributed by atoms with Crippen LogP contribution >= 0.6 is 27.5 Å². The van der Waals surface area contributed by atoms with Gasteiger partial charge in [-0.25, -0.2) is 9.97 Å². The number of nitrogens with zero attached hydrogens (tertiary/aromatic N) is 2. The van der Waals surface area contributed by atoms with Gasteiger partial charge >= 0.3 is 0 Å². The summed E-state index contributed by atoms with van der Waals surface area (Å²) in [5.74, 6) is -0.874. The van der Waals surface area contributed by atoms with Crippen molar-refractivity contribution in [2.75, 3.05) is 0 Å². The number of hydrogen-bond donors (Lipinski definition) is 1. The molecule has 17 heavy (non-hydrogen) atoms. The molecule has 0 atom stereocenters. The fourth-order valence-corrected chi connectivity index (χ4v) is 1.74. The average Bonchev–Trinajstić information content (AvgIpc) is 2.30. The number of primary amides is 1. The van der Waals surface area contributed by atoms with Gasteiger partial charge < -0.3 is 5.73 Å². The monoisotopic (exact) mass is 310 g/mol. The number of carbonyl (C=O) groups excluding carboxylic acids is 1. The van der Waals surface area contributed by atoms with Gasteiger partial charge in [-0.3, -0.25) is 4.79 Å². The second-order valence-electron chi connectivity index (χ2n) is 3.20. The zero-order valence-corrected chi connectivity index (χ0v) is 10.8. The summed E-state index contributed by atoms with van der Waals surface area (Å²) in [6.45, 7) is 0. The molecule has 2 N–H and O–H groups in total. The van der Waals surface area contributed by atoms with Crippen LogP contribution in [0.5, 0.6) is 0 Å². The van der Waals surface area contributed by atoms with Crippen LogP contribution in [0.1, 0.15) is 10.6 Å². The lowest BCUT2D eigenvalue weighted by Gasteiger charge is -2.03. The summed E-state index contributed by atoms with van der Waals surface area (Å²) in [4.78, 5) is 18.4. The number of hydrogen-bond acceptors (Lipinski definition) is 3. The average molecular weight is 312 g/mol. The van der Waals surface area contributed by atoms with Gasteiger partial charge in [-0.2, -0.15) is 0 Å². The highest BCUT2D eigenvalue weighted by Crippen LogP contribution is 2.26. The maximum Gasteiger partial charge on any atom is 0.286 e. The Morgan fingerprint density at radius 1 is 1.35 bits per heavy atom. The van der Waals surface area contributed by atoms with Crippen molar-refractivity contribution in [2.24, 2.45) is 5.73 Å². The lowest BCUT2D eigenvalue weighted by atomic mass is 10.1. The zero-order chi connectivity index (χ0) is 12.4. The van der Waals surface area contributed by atoms with E-state index in [-0.39, 0.29) is 11.0 Å². The molecule has 0 saturated carbocycles. The van der Waals surface area contributed by atoms with Crippen LogP contribution in [0.4, 0.5) is 0 Å². The van der Waals surface area contributed by atoms with E-state index in [1.165, 1.54) is 0 Å². The second kappa shape index (κ2) is 4.81. The molecule has 1 amide bonds. The molecule has 0 bridgehead atoms. The number of halogens is 2. The van der Waals surface area contributed by atoms with Crippen molar-refractivity contribution in [3.05, 3.63) is 45.9 Å². The molecule has 0 aliphatic carbocycles. The van der Waals surface area contributed by atoms with Gasteiger partial charge in [0.2, 0.25) is 5.82 Å². The molecule has 1 radical (unpaired) electrons. The van der Waals surface area contributed by atoms with Gasteiger partial charge in [0, 0.05) is 10.0 Å². The first kappa shape index (κ1) is 12.0. The van der Waals surface area contributed by atoms with E-state index in [1.807, 2.05) is 24.3 Å². The summed E-state index contributed by atoms with van der Waals surface area (Å²) in [7, 11) is 0. The fourth-order valence-electron chi connectivity index (χ4n) is 1.24. The first-order chi connectivity index (χ1) is 8.08. The van der Waals surface area contributed by atoms with Crippen molar-refractivity contribution >= 4 is 33.4 Å². The van der Waals surface area contributed by atoms with E-state index in [0.29, 0.717) is 5.56 Å². The quantitative estimate of drug-likeness (QED) is 0.866. The van der Waals surface area contributed by atoms with Crippen LogP contribution in [0.25, 0.3) is 11.1 Å². The van der Waals surface area contributed by atoms with Gasteiger partial charge in [-0.15, -0.1) is 0 Å². The molecule has 0 unspecified atom stereocenters. The lowest BCUT2D eigenvalue weighted by Crippen LogP contribution is -2.15. The number of amides is 1. The van der Waals surface area contributed by atoms with E-state index in [9.17, 15) is 4.79 Å². The third-order valence-corrected chi connectivity index (χ3v) is 2.84. The smallest absolute Gasteiger partial charge is 0.286 e. The Labute approximate surface area is 111 Å². The number of nitrogens with two attached hydrogens (primary N) is 1. The van der Waals surface area contributed by atoms with Crippen molar-refractivity contribution in [3.8, 4) is 11.1 Å². The molecule has 0 aliphatic heterocycles. The molecule has 1 aromatic heterocycles. The first-order valence-electron chi connectivity index (χ1n) is 4.59. The Kier molecular flexibility index (Phi) is 3.40. The van der Waals surface area contributed by atoms with Gasteiger partial charge in [0.25, 0.3) is 5.91 Å². The van der Waals surface area contributed by atoms with Crippen LogP contribution in [0.15, 0.2) is 28.7 Å². The molecule has 0 aliphatic rings. The zero-order valence-electron chi connectivity index (χ0n) is 8.45. The number of carbonyl (C=O) groups is 1. The molecule has 4 nitrogen and oxygen atoms in total. The SMILES string of the molecule is NC(=O)c1n[c]c(-c2ccc(Br)cc2)c(Cl)n1. The highest BCUT2D eigenvalue weighted by molar-refractivity contribution is 9.10.